The predicted molar refractivity (Wildman–Crippen MR) is 77.7 cm³/mol. The van der Waals surface area contributed by atoms with Gasteiger partial charge >= 0.3 is 5.97 Å². The lowest BCUT2D eigenvalue weighted by Gasteiger charge is -2.16. The van der Waals surface area contributed by atoms with Gasteiger partial charge < -0.3 is 9.64 Å². The molecule has 21 heavy (non-hydrogen) atoms. The second kappa shape index (κ2) is 6.78. The number of aromatic nitrogens is 2. The second-order valence-electron chi connectivity index (χ2n) is 4.54. The van der Waals surface area contributed by atoms with Crippen molar-refractivity contribution in [2.75, 3.05) is 20.2 Å². The number of benzene rings is 1. The van der Waals surface area contributed by atoms with Gasteiger partial charge in [-0.05, 0) is 25.1 Å². The van der Waals surface area contributed by atoms with Gasteiger partial charge in [-0.15, -0.1) is 0 Å². The summed E-state index contributed by atoms with van der Waals surface area (Å²) in [7, 11) is 1.66. The minimum absolute atomic E-state index is 0.160. The molecule has 0 saturated heterocycles. The number of rotatable bonds is 5. The van der Waals surface area contributed by atoms with Crippen molar-refractivity contribution in [2.24, 2.45) is 0 Å². The number of nitrogens with zero attached hydrogens (tertiary/aromatic N) is 3. The van der Waals surface area contributed by atoms with E-state index in [9.17, 15) is 9.59 Å². The van der Waals surface area contributed by atoms with Crippen LogP contribution in [0.4, 0.5) is 0 Å². The summed E-state index contributed by atoms with van der Waals surface area (Å²) in [4.78, 5) is 33.4. The number of hydrogen-bond acceptors (Lipinski definition) is 5. The van der Waals surface area contributed by atoms with Crippen LogP contribution in [-0.2, 0) is 9.53 Å². The molecule has 1 amide bonds. The number of carbonyl (C=O) groups is 2. The molecule has 0 spiro atoms. The zero-order chi connectivity index (χ0) is 15.2. The zero-order valence-electron chi connectivity index (χ0n) is 12.1. The molecule has 0 aliphatic heterocycles. The largest absolute Gasteiger partial charge is 0.466 e. The third-order valence-electron chi connectivity index (χ3n) is 3.02. The third-order valence-corrected chi connectivity index (χ3v) is 3.02. The monoisotopic (exact) mass is 287 g/mol. The fourth-order valence-electron chi connectivity index (χ4n) is 1.91. The van der Waals surface area contributed by atoms with E-state index in [1.54, 1.807) is 44.6 Å². The molecule has 0 fully saturated rings. The van der Waals surface area contributed by atoms with Crippen LogP contribution < -0.4 is 0 Å². The summed E-state index contributed by atoms with van der Waals surface area (Å²) in [6, 6.07) is 5.17. The van der Waals surface area contributed by atoms with Gasteiger partial charge in [0, 0.05) is 31.5 Å². The van der Waals surface area contributed by atoms with E-state index in [0.29, 0.717) is 24.2 Å². The standard InChI is InChI=1S/C15H17N3O3/c1-3-21-14(19)6-9-18(2)15(20)11-4-5-12-13(10-11)17-8-7-16-12/h4-5,7-8,10H,3,6,9H2,1-2H3. The van der Waals surface area contributed by atoms with E-state index in [1.165, 1.54) is 4.90 Å². The predicted octanol–water partition coefficient (Wildman–Crippen LogP) is 1.66. The van der Waals surface area contributed by atoms with Crippen molar-refractivity contribution in [3.63, 3.8) is 0 Å². The van der Waals surface area contributed by atoms with Gasteiger partial charge in [-0.25, -0.2) is 0 Å². The van der Waals surface area contributed by atoms with Crippen molar-refractivity contribution in [3.05, 3.63) is 36.2 Å². The Balaban J connectivity index is 2.05. The van der Waals surface area contributed by atoms with Crippen LogP contribution in [0.25, 0.3) is 11.0 Å². The first-order chi connectivity index (χ1) is 10.1. The molecular weight excluding hydrogens is 270 g/mol. The Morgan fingerprint density at radius 2 is 1.90 bits per heavy atom. The van der Waals surface area contributed by atoms with Crippen molar-refractivity contribution in [1.82, 2.24) is 14.9 Å². The minimum atomic E-state index is -0.304. The Kier molecular flexibility index (Phi) is 4.81. The molecule has 1 aromatic carbocycles. The Morgan fingerprint density at radius 3 is 2.62 bits per heavy atom. The molecule has 110 valence electrons. The van der Waals surface area contributed by atoms with Crippen LogP contribution in [0.1, 0.15) is 23.7 Å². The quantitative estimate of drug-likeness (QED) is 0.782. The Bertz CT molecular complexity index is 657. The van der Waals surface area contributed by atoms with E-state index < -0.39 is 0 Å². The van der Waals surface area contributed by atoms with E-state index in [1.807, 2.05) is 0 Å². The van der Waals surface area contributed by atoms with Gasteiger partial charge in [0.05, 0.1) is 24.1 Å². The molecule has 0 unspecified atom stereocenters. The van der Waals surface area contributed by atoms with Crippen LogP contribution in [0.2, 0.25) is 0 Å². The first-order valence-corrected chi connectivity index (χ1v) is 6.73. The summed E-state index contributed by atoms with van der Waals surface area (Å²) in [6.45, 7) is 2.42. The van der Waals surface area contributed by atoms with Crippen molar-refractivity contribution in [1.29, 1.82) is 0 Å². The van der Waals surface area contributed by atoms with Crippen LogP contribution in [0.15, 0.2) is 30.6 Å². The molecule has 1 heterocycles. The number of carbonyl (C=O) groups excluding carboxylic acids is 2. The highest BCUT2D eigenvalue weighted by Gasteiger charge is 2.14. The molecule has 2 rings (SSSR count). The highest BCUT2D eigenvalue weighted by Crippen LogP contribution is 2.12. The van der Waals surface area contributed by atoms with Crippen LogP contribution in [0.5, 0.6) is 0 Å². The molecule has 0 saturated carbocycles. The van der Waals surface area contributed by atoms with Crippen molar-refractivity contribution in [3.8, 4) is 0 Å². The van der Waals surface area contributed by atoms with Crippen LogP contribution in [-0.4, -0.2) is 46.9 Å². The summed E-state index contributed by atoms with van der Waals surface area (Å²) in [5.74, 6) is -0.464. The number of hydrogen-bond donors (Lipinski definition) is 0. The molecule has 2 aromatic rings. The fraction of sp³-hybridized carbons (Fsp3) is 0.333. The molecule has 6 heteroatoms. The maximum Gasteiger partial charge on any atom is 0.307 e. The summed E-state index contributed by atoms with van der Waals surface area (Å²) >= 11 is 0. The number of ether oxygens (including phenoxy) is 1. The number of amides is 1. The van der Waals surface area contributed by atoms with E-state index in [-0.39, 0.29) is 18.3 Å². The zero-order valence-corrected chi connectivity index (χ0v) is 12.1. The SMILES string of the molecule is CCOC(=O)CCN(C)C(=O)c1ccc2nccnc2c1. The Labute approximate surface area is 122 Å². The van der Waals surface area contributed by atoms with Gasteiger partial charge in [0.15, 0.2) is 0 Å². The molecule has 0 atom stereocenters. The molecule has 0 N–H and O–H groups in total. The van der Waals surface area contributed by atoms with Gasteiger partial charge in [0.2, 0.25) is 0 Å². The van der Waals surface area contributed by atoms with Crippen LogP contribution in [0.3, 0.4) is 0 Å². The highest BCUT2D eigenvalue weighted by atomic mass is 16.5. The molecular formula is C15H17N3O3. The first kappa shape index (κ1) is 14.9. The second-order valence-corrected chi connectivity index (χ2v) is 4.54. The maximum atomic E-state index is 12.3. The summed E-state index contributed by atoms with van der Waals surface area (Å²) in [6.07, 6.45) is 3.37. The average Bonchev–Trinajstić information content (AvgIpc) is 2.51. The third kappa shape index (κ3) is 3.75. The van der Waals surface area contributed by atoms with Crippen molar-refractivity contribution in [2.45, 2.75) is 13.3 Å². The van der Waals surface area contributed by atoms with E-state index in [2.05, 4.69) is 9.97 Å². The molecule has 6 nitrogen and oxygen atoms in total. The summed E-state index contributed by atoms with van der Waals surface area (Å²) in [5, 5.41) is 0. The average molecular weight is 287 g/mol. The molecule has 0 bridgehead atoms. The molecule has 0 radical (unpaired) electrons. The molecule has 1 aromatic heterocycles. The molecule has 0 aliphatic rings. The number of fused-ring (bicyclic) bond motifs is 1. The number of esters is 1. The topological polar surface area (TPSA) is 72.4 Å². The maximum absolute atomic E-state index is 12.3. The van der Waals surface area contributed by atoms with Crippen molar-refractivity contribution < 1.29 is 14.3 Å². The summed E-state index contributed by atoms with van der Waals surface area (Å²) < 4.78 is 4.84. The van der Waals surface area contributed by atoms with Gasteiger partial charge in [0.1, 0.15) is 0 Å². The fourth-order valence-corrected chi connectivity index (χ4v) is 1.91. The first-order valence-electron chi connectivity index (χ1n) is 6.73. The molecule has 0 aliphatic carbocycles. The van der Waals surface area contributed by atoms with E-state index in [0.717, 1.165) is 5.52 Å². The van der Waals surface area contributed by atoms with Gasteiger partial charge in [-0.2, -0.15) is 0 Å². The minimum Gasteiger partial charge on any atom is -0.466 e. The van der Waals surface area contributed by atoms with Gasteiger partial charge in [0.25, 0.3) is 5.91 Å². The van der Waals surface area contributed by atoms with Gasteiger partial charge in [-0.3, -0.25) is 19.6 Å². The normalized spacial score (nSPS) is 10.4. The lowest BCUT2D eigenvalue weighted by molar-refractivity contribution is -0.143. The Morgan fingerprint density at radius 1 is 1.19 bits per heavy atom. The smallest absolute Gasteiger partial charge is 0.307 e. The highest BCUT2D eigenvalue weighted by molar-refractivity contribution is 5.97. The van der Waals surface area contributed by atoms with Crippen LogP contribution in [0, 0.1) is 0 Å². The van der Waals surface area contributed by atoms with Crippen LogP contribution >= 0.6 is 0 Å². The lowest BCUT2D eigenvalue weighted by atomic mass is 10.1. The lowest BCUT2D eigenvalue weighted by Crippen LogP contribution is -2.29. The van der Waals surface area contributed by atoms with Crippen molar-refractivity contribution >= 4 is 22.9 Å². The Hall–Kier alpha value is -2.50. The van der Waals surface area contributed by atoms with E-state index >= 15 is 0 Å². The van der Waals surface area contributed by atoms with E-state index in [4.69, 9.17) is 4.74 Å². The summed E-state index contributed by atoms with van der Waals surface area (Å²) in [5.41, 5.74) is 1.93. The van der Waals surface area contributed by atoms with Gasteiger partial charge in [-0.1, -0.05) is 0 Å².